The molecule has 0 N–H and O–H groups in total. The summed E-state index contributed by atoms with van der Waals surface area (Å²) in [5.74, 6) is -0.317. The number of hydrogen-bond acceptors (Lipinski definition) is 5. The Morgan fingerprint density at radius 3 is 2.83 bits per heavy atom. The van der Waals surface area contributed by atoms with Crippen LogP contribution in [0.1, 0.15) is 38.2 Å². The van der Waals surface area contributed by atoms with Crippen LogP contribution in [0.2, 0.25) is 0 Å². The molecule has 0 unspecified atom stereocenters. The molecule has 0 radical (unpaired) electrons. The summed E-state index contributed by atoms with van der Waals surface area (Å²) in [5.41, 5.74) is 0.361. The summed E-state index contributed by atoms with van der Waals surface area (Å²) in [4.78, 5) is 25.1. The van der Waals surface area contributed by atoms with Gasteiger partial charge in [-0.05, 0) is 39.3 Å². The monoisotopic (exact) mass is 318 g/mol. The lowest BCUT2D eigenvalue weighted by Crippen LogP contribution is -2.53. The Balaban J connectivity index is 2.16. The summed E-state index contributed by atoms with van der Waals surface area (Å²) in [6, 6.07) is 7.09. The molecule has 1 heterocycles. The lowest BCUT2D eigenvalue weighted by atomic mass is 9.63. The van der Waals surface area contributed by atoms with E-state index >= 15 is 0 Å². The third-order valence-corrected chi connectivity index (χ3v) is 5.43. The maximum Gasteiger partial charge on any atom is 0.302 e. The molecular formula is C17H22N2O4. The molecule has 1 saturated carbocycles. The number of para-hydroxylation sites is 1. The van der Waals surface area contributed by atoms with Crippen LogP contribution in [0.5, 0.6) is 0 Å². The van der Waals surface area contributed by atoms with Gasteiger partial charge in [0.2, 0.25) is 0 Å². The van der Waals surface area contributed by atoms with E-state index in [2.05, 4.69) is 11.9 Å². The van der Waals surface area contributed by atoms with E-state index in [4.69, 9.17) is 4.74 Å². The van der Waals surface area contributed by atoms with Gasteiger partial charge in [-0.1, -0.05) is 18.2 Å². The second-order valence-corrected chi connectivity index (χ2v) is 6.59. The maximum atomic E-state index is 11.6. The lowest BCUT2D eigenvalue weighted by Gasteiger charge is -2.46. The van der Waals surface area contributed by atoms with E-state index < -0.39 is 5.41 Å². The van der Waals surface area contributed by atoms with Crippen LogP contribution in [0.4, 0.5) is 5.69 Å². The predicted molar refractivity (Wildman–Crippen MR) is 85.2 cm³/mol. The molecule has 6 nitrogen and oxygen atoms in total. The van der Waals surface area contributed by atoms with Crippen molar-refractivity contribution in [2.45, 2.75) is 50.2 Å². The normalized spacial score (nSPS) is 30.7. The molecule has 0 spiro atoms. The Hall–Kier alpha value is -1.95. The van der Waals surface area contributed by atoms with Crippen LogP contribution in [0, 0.1) is 10.1 Å². The molecule has 0 amide bonds. The number of carbonyl (C=O) groups is 1. The molecule has 1 aromatic carbocycles. The van der Waals surface area contributed by atoms with Crippen molar-refractivity contribution >= 4 is 11.7 Å². The third-order valence-electron chi connectivity index (χ3n) is 5.43. The highest BCUT2D eigenvalue weighted by Gasteiger charge is 2.57. The van der Waals surface area contributed by atoms with Gasteiger partial charge in [0.05, 0.1) is 10.3 Å². The van der Waals surface area contributed by atoms with Crippen molar-refractivity contribution in [1.29, 1.82) is 0 Å². The average Bonchev–Trinajstić information content (AvgIpc) is 2.86. The van der Waals surface area contributed by atoms with Crippen molar-refractivity contribution in [3.63, 3.8) is 0 Å². The quantitative estimate of drug-likeness (QED) is 0.487. The first-order valence-corrected chi connectivity index (χ1v) is 8.08. The van der Waals surface area contributed by atoms with Crippen LogP contribution in [-0.2, 0) is 14.9 Å². The number of esters is 1. The molecule has 0 aromatic heterocycles. The van der Waals surface area contributed by atoms with Crippen LogP contribution >= 0.6 is 0 Å². The zero-order valence-electron chi connectivity index (χ0n) is 13.5. The van der Waals surface area contributed by atoms with Crippen LogP contribution in [0.25, 0.3) is 0 Å². The molecule has 1 saturated heterocycles. The van der Waals surface area contributed by atoms with Crippen LogP contribution in [0.3, 0.4) is 0 Å². The first-order chi connectivity index (χ1) is 11.0. The first-order valence-electron chi connectivity index (χ1n) is 8.08. The third kappa shape index (κ3) is 2.51. The summed E-state index contributed by atoms with van der Waals surface area (Å²) < 4.78 is 5.66. The Labute approximate surface area is 135 Å². The molecule has 23 heavy (non-hydrogen) atoms. The molecule has 6 heteroatoms. The maximum absolute atomic E-state index is 11.6. The highest BCUT2D eigenvalue weighted by Crippen LogP contribution is 2.51. The predicted octanol–water partition coefficient (Wildman–Crippen LogP) is 2.65. The van der Waals surface area contributed by atoms with Crippen LogP contribution in [-0.4, -0.2) is 41.5 Å². The van der Waals surface area contributed by atoms with Crippen LogP contribution < -0.4 is 0 Å². The standard InChI is InChI=1S/C17H22N2O4/c1-12(20)23-16-9-5-8-15-17(16,10-11-18(15)2)13-6-3-4-7-14(13)19(21)22/h3-4,6-7,15-16H,5,8-11H2,1-2H3/t15-,16+,17+/m0/s1. The second kappa shape index (κ2) is 5.92. The molecule has 1 aliphatic carbocycles. The molecule has 1 aromatic rings. The molecule has 2 fully saturated rings. The smallest absolute Gasteiger partial charge is 0.302 e. The van der Waals surface area contributed by atoms with Gasteiger partial charge in [0.25, 0.3) is 5.69 Å². The highest BCUT2D eigenvalue weighted by atomic mass is 16.6. The Morgan fingerprint density at radius 2 is 2.13 bits per heavy atom. The topological polar surface area (TPSA) is 72.7 Å². The van der Waals surface area contributed by atoms with Crippen molar-refractivity contribution in [2.24, 2.45) is 0 Å². The first kappa shape index (κ1) is 15.9. The fourth-order valence-corrected chi connectivity index (χ4v) is 4.56. The lowest BCUT2D eigenvalue weighted by molar-refractivity contribution is -0.386. The van der Waals surface area contributed by atoms with E-state index in [-0.39, 0.29) is 28.7 Å². The van der Waals surface area contributed by atoms with Crippen molar-refractivity contribution in [3.8, 4) is 0 Å². The van der Waals surface area contributed by atoms with Crippen molar-refractivity contribution in [1.82, 2.24) is 4.90 Å². The summed E-state index contributed by atoms with van der Waals surface area (Å²) in [6.07, 6.45) is 3.17. The van der Waals surface area contributed by atoms with Gasteiger partial charge in [-0.25, -0.2) is 0 Å². The molecular weight excluding hydrogens is 296 g/mol. The molecule has 3 rings (SSSR count). The number of carbonyl (C=O) groups excluding carboxylic acids is 1. The molecule has 3 atom stereocenters. The highest BCUT2D eigenvalue weighted by molar-refractivity contribution is 5.66. The summed E-state index contributed by atoms with van der Waals surface area (Å²) in [6.45, 7) is 2.27. The molecule has 1 aliphatic heterocycles. The van der Waals surface area contributed by atoms with Crippen LogP contribution in [0.15, 0.2) is 24.3 Å². The minimum absolute atomic E-state index is 0.131. The van der Waals surface area contributed by atoms with Gasteiger partial charge < -0.3 is 9.64 Å². The van der Waals surface area contributed by atoms with E-state index in [9.17, 15) is 14.9 Å². The number of benzene rings is 1. The van der Waals surface area contributed by atoms with Gasteiger partial charge in [-0.15, -0.1) is 0 Å². The van der Waals surface area contributed by atoms with E-state index in [0.717, 1.165) is 32.2 Å². The number of likely N-dealkylation sites (tertiary alicyclic amines) is 1. The Bertz CT molecular complexity index is 633. The van der Waals surface area contributed by atoms with E-state index in [0.29, 0.717) is 5.56 Å². The largest absolute Gasteiger partial charge is 0.462 e. The molecule has 2 aliphatic rings. The second-order valence-electron chi connectivity index (χ2n) is 6.59. The van der Waals surface area contributed by atoms with Gasteiger partial charge in [0.1, 0.15) is 6.10 Å². The number of ether oxygens (including phenoxy) is 1. The van der Waals surface area contributed by atoms with Crippen molar-refractivity contribution < 1.29 is 14.5 Å². The number of nitrogens with zero attached hydrogens (tertiary/aromatic N) is 2. The number of likely N-dealkylation sites (N-methyl/N-ethyl adjacent to an activating group) is 1. The van der Waals surface area contributed by atoms with Gasteiger partial charge in [-0.3, -0.25) is 14.9 Å². The fourth-order valence-electron chi connectivity index (χ4n) is 4.56. The zero-order chi connectivity index (χ0) is 16.6. The molecule has 124 valence electrons. The minimum Gasteiger partial charge on any atom is -0.462 e. The van der Waals surface area contributed by atoms with Gasteiger partial charge >= 0.3 is 5.97 Å². The van der Waals surface area contributed by atoms with E-state index in [1.165, 1.54) is 6.92 Å². The Kier molecular flexibility index (Phi) is 4.10. The molecule has 0 bridgehead atoms. The summed E-state index contributed by atoms with van der Waals surface area (Å²) in [5, 5.41) is 11.5. The van der Waals surface area contributed by atoms with Gasteiger partial charge in [0.15, 0.2) is 0 Å². The SMILES string of the molecule is CC(=O)O[C@@H]1CCC[C@@H]2N(C)CC[C@@]21c1ccccc1[N+](=O)[O-]. The number of nitro groups is 1. The van der Waals surface area contributed by atoms with E-state index in [1.807, 2.05) is 12.1 Å². The van der Waals surface area contributed by atoms with Crippen molar-refractivity contribution in [3.05, 3.63) is 39.9 Å². The zero-order valence-corrected chi connectivity index (χ0v) is 13.5. The Morgan fingerprint density at radius 1 is 1.39 bits per heavy atom. The minimum atomic E-state index is -0.484. The summed E-state index contributed by atoms with van der Waals surface area (Å²) in [7, 11) is 2.05. The summed E-state index contributed by atoms with van der Waals surface area (Å²) >= 11 is 0. The number of fused-ring (bicyclic) bond motifs is 1. The average molecular weight is 318 g/mol. The number of rotatable bonds is 3. The van der Waals surface area contributed by atoms with E-state index in [1.54, 1.807) is 12.1 Å². The van der Waals surface area contributed by atoms with Gasteiger partial charge in [0, 0.05) is 24.6 Å². The van der Waals surface area contributed by atoms with Crippen molar-refractivity contribution in [2.75, 3.05) is 13.6 Å². The number of nitro benzene ring substituents is 1. The van der Waals surface area contributed by atoms with Gasteiger partial charge in [-0.2, -0.15) is 0 Å². The fraction of sp³-hybridized carbons (Fsp3) is 0.588. The number of hydrogen-bond donors (Lipinski definition) is 0.